The number of hydrogen-bond donors (Lipinski definition) is 0. The maximum absolute atomic E-state index is 12.5. The summed E-state index contributed by atoms with van der Waals surface area (Å²) in [7, 11) is 2.06. The number of amides is 2. The third-order valence-electron chi connectivity index (χ3n) is 4.18. The molecule has 1 aliphatic heterocycles. The molecule has 0 unspecified atom stereocenters. The number of nitrogens with zero attached hydrogens (tertiary/aromatic N) is 3. The van der Waals surface area contributed by atoms with Gasteiger partial charge in [-0.3, -0.25) is 9.59 Å². The molecular weight excluding hydrogens is 278 g/mol. The highest BCUT2D eigenvalue weighted by atomic mass is 16.2. The van der Waals surface area contributed by atoms with E-state index in [1.165, 1.54) is 6.92 Å². The maximum Gasteiger partial charge on any atom is 0.242 e. The van der Waals surface area contributed by atoms with E-state index in [0.29, 0.717) is 0 Å². The van der Waals surface area contributed by atoms with Crippen molar-refractivity contribution in [3.8, 4) is 0 Å². The van der Waals surface area contributed by atoms with Crippen LogP contribution in [0.1, 0.15) is 18.1 Å². The predicted molar refractivity (Wildman–Crippen MR) is 88.0 cm³/mol. The van der Waals surface area contributed by atoms with E-state index in [1.54, 1.807) is 4.90 Å². The number of carbonyl (C=O) groups is 2. The van der Waals surface area contributed by atoms with Crippen LogP contribution >= 0.6 is 0 Å². The second-order valence-electron chi connectivity index (χ2n) is 6.08. The summed E-state index contributed by atoms with van der Waals surface area (Å²) in [6.45, 7) is 8.81. The van der Waals surface area contributed by atoms with Gasteiger partial charge in [-0.1, -0.05) is 12.1 Å². The Bertz CT molecular complexity index is 563. The van der Waals surface area contributed by atoms with Crippen LogP contribution in [0.4, 0.5) is 5.69 Å². The summed E-state index contributed by atoms with van der Waals surface area (Å²) in [5.74, 6) is -0.0830. The summed E-state index contributed by atoms with van der Waals surface area (Å²) in [6.07, 6.45) is 0. The molecule has 0 bridgehead atoms. The molecule has 1 aliphatic rings. The van der Waals surface area contributed by atoms with Crippen molar-refractivity contribution in [1.82, 2.24) is 9.80 Å². The Hall–Kier alpha value is -1.88. The van der Waals surface area contributed by atoms with Gasteiger partial charge in [0, 0.05) is 38.8 Å². The van der Waals surface area contributed by atoms with Crippen molar-refractivity contribution in [1.29, 1.82) is 0 Å². The Kier molecular flexibility index (Phi) is 5.19. The summed E-state index contributed by atoms with van der Waals surface area (Å²) < 4.78 is 0. The predicted octanol–water partition coefficient (Wildman–Crippen LogP) is 1.43. The zero-order valence-electron chi connectivity index (χ0n) is 13.9. The van der Waals surface area contributed by atoms with E-state index < -0.39 is 0 Å². The maximum atomic E-state index is 12.5. The fourth-order valence-electron chi connectivity index (χ4n) is 2.67. The molecule has 0 radical (unpaired) electrons. The Balaban J connectivity index is 2.14. The highest BCUT2D eigenvalue weighted by molar-refractivity contribution is 5.98. The molecule has 0 aromatic heterocycles. The smallest absolute Gasteiger partial charge is 0.242 e. The number of anilines is 1. The number of hydrogen-bond acceptors (Lipinski definition) is 3. The number of piperazine rings is 1. The number of benzene rings is 1. The molecule has 5 nitrogen and oxygen atoms in total. The molecule has 5 heteroatoms. The lowest BCUT2D eigenvalue weighted by Gasteiger charge is -2.34. The molecule has 1 aromatic rings. The third kappa shape index (κ3) is 3.85. The molecular formula is C17H25N3O2. The van der Waals surface area contributed by atoms with Gasteiger partial charge in [-0.25, -0.2) is 0 Å². The minimum absolute atomic E-state index is 0.0178. The molecule has 1 aromatic carbocycles. The minimum atomic E-state index is -0.101. The molecule has 0 aliphatic carbocycles. The highest BCUT2D eigenvalue weighted by Crippen LogP contribution is 2.22. The van der Waals surface area contributed by atoms with E-state index in [4.69, 9.17) is 0 Å². The SMILES string of the molecule is CC(=O)N(CC(=O)N1CCN(C)CC1)c1cc(C)ccc1C. The lowest BCUT2D eigenvalue weighted by atomic mass is 10.1. The molecule has 2 rings (SSSR count). The largest absolute Gasteiger partial charge is 0.339 e. The Morgan fingerprint density at radius 3 is 2.36 bits per heavy atom. The van der Waals surface area contributed by atoms with Crippen LogP contribution in [0.25, 0.3) is 0 Å². The van der Waals surface area contributed by atoms with Gasteiger partial charge in [0.25, 0.3) is 0 Å². The standard InChI is InChI=1S/C17H25N3O2/c1-13-5-6-14(2)16(11-13)20(15(3)21)12-17(22)19-9-7-18(4)8-10-19/h5-6,11H,7-10,12H2,1-4H3. The second kappa shape index (κ2) is 6.92. The zero-order valence-corrected chi connectivity index (χ0v) is 13.9. The van der Waals surface area contributed by atoms with Crippen LogP contribution in [-0.2, 0) is 9.59 Å². The molecule has 0 saturated carbocycles. The molecule has 0 atom stereocenters. The van der Waals surface area contributed by atoms with Gasteiger partial charge in [0.1, 0.15) is 6.54 Å². The van der Waals surface area contributed by atoms with Crippen molar-refractivity contribution in [3.63, 3.8) is 0 Å². The van der Waals surface area contributed by atoms with Gasteiger partial charge in [0.15, 0.2) is 0 Å². The summed E-state index contributed by atoms with van der Waals surface area (Å²) in [4.78, 5) is 30.2. The average molecular weight is 303 g/mol. The van der Waals surface area contributed by atoms with Gasteiger partial charge in [-0.15, -0.1) is 0 Å². The molecule has 0 N–H and O–H groups in total. The average Bonchev–Trinajstić information content (AvgIpc) is 2.47. The highest BCUT2D eigenvalue weighted by Gasteiger charge is 2.23. The van der Waals surface area contributed by atoms with Crippen molar-refractivity contribution in [3.05, 3.63) is 29.3 Å². The van der Waals surface area contributed by atoms with E-state index in [2.05, 4.69) is 11.9 Å². The number of carbonyl (C=O) groups excluding carboxylic acids is 2. The van der Waals surface area contributed by atoms with Crippen molar-refractivity contribution < 1.29 is 9.59 Å². The van der Waals surface area contributed by atoms with Crippen molar-refractivity contribution in [2.45, 2.75) is 20.8 Å². The van der Waals surface area contributed by atoms with Gasteiger partial charge in [-0.05, 0) is 38.1 Å². The first-order chi connectivity index (χ1) is 10.4. The van der Waals surface area contributed by atoms with Gasteiger partial charge in [0.05, 0.1) is 0 Å². The van der Waals surface area contributed by atoms with Crippen LogP contribution in [0.2, 0.25) is 0 Å². The molecule has 1 heterocycles. The van der Waals surface area contributed by atoms with E-state index in [9.17, 15) is 9.59 Å². The first-order valence-electron chi connectivity index (χ1n) is 7.70. The van der Waals surface area contributed by atoms with Crippen LogP contribution in [0.3, 0.4) is 0 Å². The summed E-state index contributed by atoms with van der Waals surface area (Å²) >= 11 is 0. The van der Waals surface area contributed by atoms with Crippen molar-refractivity contribution in [2.24, 2.45) is 0 Å². The summed E-state index contributed by atoms with van der Waals surface area (Å²) in [5.41, 5.74) is 2.92. The molecule has 2 amide bonds. The van der Waals surface area contributed by atoms with Crippen molar-refractivity contribution in [2.75, 3.05) is 44.7 Å². The lowest BCUT2D eigenvalue weighted by Crippen LogP contribution is -2.50. The van der Waals surface area contributed by atoms with Gasteiger partial charge >= 0.3 is 0 Å². The quantitative estimate of drug-likeness (QED) is 0.848. The van der Waals surface area contributed by atoms with Crippen LogP contribution in [0, 0.1) is 13.8 Å². The Morgan fingerprint density at radius 1 is 1.14 bits per heavy atom. The van der Waals surface area contributed by atoms with Crippen LogP contribution in [-0.4, -0.2) is 61.4 Å². The first-order valence-corrected chi connectivity index (χ1v) is 7.70. The molecule has 1 saturated heterocycles. The Morgan fingerprint density at radius 2 is 1.77 bits per heavy atom. The second-order valence-corrected chi connectivity index (χ2v) is 6.08. The Labute approximate surface area is 132 Å². The molecule has 1 fully saturated rings. The van der Waals surface area contributed by atoms with Gasteiger partial charge in [0.2, 0.25) is 11.8 Å². The van der Waals surface area contributed by atoms with E-state index in [1.807, 2.05) is 36.9 Å². The van der Waals surface area contributed by atoms with Crippen LogP contribution in [0.15, 0.2) is 18.2 Å². The zero-order chi connectivity index (χ0) is 16.3. The summed E-state index contributed by atoms with van der Waals surface area (Å²) in [6, 6.07) is 5.97. The van der Waals surface area contributed by atoms with Crippen LogP contribution < -0.4 is 4.90 Å². The lowest BCUT2D eigenvalue weighted by molar-refractivity contribution is -0.132. The van der Waals surface area contributed by atoms with Crippen molar-refractivity contribution >= 4 is 17.5 Å². The number of likely N-dealkylation sites (N-methyl/N-ethyl adjacent to an activating group) is 1. The molecule has 120 valence electrons. The monoisotopic (exact) mass is 303 g/mol. The first kappa shape index (κ1) is 16.5. The van der Waals surface area contributed by atoms with Gasteiger partial charge < -0.3 is 14.7 Å². The summed E-state index contributed by atoms with van der Waals surface area (Å²) in [5, 5.41) is 0. The molecule has 22 heavy (non-hydrogen) atoms. The van der Waals surface area contributed by atoms with E-state index >= 15 is 0 Å². The van der Waals surface area contributed by atoms with Gasteiger partial charge in [-0.2, -0.15) is 0 Å². The third-order valence-corrected chi connectivity index (χ3v) is 4.18. The fraction of sp³-hybridized carbons (Fsp3) is 0.529. The van der Waals surface area contributed by atoms with E-state index in [-0.39, 0.29) is 18.4 Å². The molecule has 0 spiro atoms. The normalized spacial score (nSPS) is 15.7. The van der Waals surface area contributed by atoms with E-state index in [0.717, 1.165) is 43.0 Å². The van der Waals surface area contributed by atoms with Crippen LogP contribution in [0.5, 0.6) is 0 Å². The topological polar surface area (TPSA) is 43.9 Å². The fourth-order valence-corrected chi connectivity index (χ4v) is 2.67. The number of aryl methyl sites for hydroxylation is 2. The number of rotatable bonds is 3. The minimum Gasteiger partial charge on any atom is -0.339 e.